The Labute approximate surface area is 123 Å². The summed E-state index contributed by atoms with van der Waals surface area (Å²) in [5.41, 5.74) is 0.930. The molecule has 1 aliphatic heterocycles. The Balaban J connectivity index is 1.81. The molecule has 7 heteroatoms. The molecule has 104 valence electrons. The molecule has 1 aromatic carbocycles. The van der Waals surface area contributed by atoms with Gasteiger partial charge in [0.15, 0.2) is 5.13 Å². The number of thiazole rings is 1. The smallest absolute Gasteiger partial charge is 0.335 e. The summed E-state index contributed by atoms with van der Waals surface area (Å²) < 4.78 is 0.763. The first-order chi connectivity index (χ1) is 9.63. The molecule has 0 saturated carbocycles. The van der Waals surface area contributed by atoms with Crippen molar-refractivity contribution in [1.29, 1.82) is 0 Å². The lowest BCUT2D eigenvalue weighted by Gasteiger charge is -2.06. The number of carbonyl (C=O) groups excluding carboxylic acids is 1. The Bertz CT molecular complexity index is 677. The summed E-state index contributed by atoms with van der Waals surface area (Å²) in [5, 5.41) is 12.3. The van der Waals surface area contributed by atoms with Crippen molar-refractivity contribution in [3.63, 3.8) is 0 Å². The molecule has 1 saturated heterocycles. The van der Waals surface area contributed by atoms with Crippen molar-refractivity contribution < 1.29 is 14.7 Å². The summed E-state index contributed by atoms with van der Waals surface area (Å²) in [6.07, 6.45) is 1.98. The second-order valence-electron chi connectivity index (χ2n) is 4.50. The van der Waals surface area contributed by atoms with Gasteiger partial charge in [0.2, 0.25) is 5.91 Å². The second-order valence-corrected chi connectivity index (χ2v) is 6.84. The zero-order chi connectivity index (χ0) is 14.1. The number of carboxylic acids is 1. The lowest BCUT2D eigenvalue weighted by Crippen LogP contribution is -2.22. The monoisotopic (exact) mass is 308 g/mol. The molecule has 1 aliphatic rings. The van der Waals surface area contributed by atoms with Crippen LogP contribution in [0.15, 0.2) is 18.2 Å². The number of thioether (sulfide) groups is 1. The topological polar surface area (TPSA) is 79.3 Å². The Morgan fingerprint density at radius 2 is 2.25 bits per heavy atom. The van der Waals surface area contributed by atoms with E-state index in [1.165, 1.54) is 17.4 Å². The normalized spacial score (nSPS) is 18.3. The van der Waals surface area contributed by atoms with Crippen LogP contribution in [0.5, 0.6) is 0 Å². The van der Waals surface area contributed by atoms with E-state index in [1.54, 1.807) is 23.9 Å². The van der Waals surface area contributed by atoms with Crippen molar-refractivity contribution in [1.82, 2.24) is 4.98 Å². The third-order valence-corrected chi connectivity index (χ3v) is 5.40. The van der Waals surface area contributed by atoms with Gasteiger partial charge in [0.25, 0.3) is 0 Å². The fourth-order valence-corrected chi connectivity index (χ4v) is 4.15. The molecule has 1 atom stereocenters. The van der Waals surface area contributed by atoms with E-state index < -0.39 is 5.97 Å². The number of anilines is 1. The lowest BCUT2D eigenvalue weighted by atomic mass is 10.2. The van der Waals surface area contributed by atoms with Crippen LogP contribution in [-0.4, -0.2) is 33.0 Å². The minimum Gasteiger partial charge on any atom is -0.478 e. The number of rotatable bonds is 3. The van der Waals surface area contributed by atoms with Crippen LogP contribution in [0.25, 0.3) is 10.2 Å². The highest BCUT2D eigenvalue weighted by atomic mass is 32.2. The van der Waals surface area contributed by atoms with E-state index in [1.807, 2.05) is 0 Å². The Morgan fingerprint density at radius 3 is 2.95 bits per heavy atom. The van der Waals surface area contributed by atoms with Gasteiger partial charge in [-0.1, -0.05) is 11.3 Å². The fourth-order valence-electron chi connectivity index (χ4n) is 2.08. The zero-order valence-electron chi connectivity index (χ0n) is 10.5. The summed E-state index contributed by atoms with van der Waals surface area (Å²) in [4.78, 5) is 27.2. The maximum atomic E-state index is 12.0. The molecule has 2 heterocycles. The maximum Gasteiger partial charge on any atom is 0.335 e. The molecule has 2 N–H and O–H groups in total. The highest BCUT2D eigenvalue weighted by molar-refractivity contribution is 8.00. The summed E-state index contributed by atoms with van der Waals surface area (Å²) in [6.45, 7) is 0. The van der Waals surface area contributed by atoms with Gasteiger partial charge >= 0.3 is 5.97 Å². The van der Waals surface area contributed by atoms with Crippen molar-refractivity contribution in [3.05, 3.63) is 23.8 Å². The number of fused-ring (bicyclic) bond motifs is 1. The first-order valence-electron chi connectivity index (χ1n) is 6.20. The Kier molecular flexibility index (Phi) is 3.62. The minimum atomic E-state index is -0.965. The van der Waals surface area contributed by atoms with Gasteiger partial charge in [-0.05, 0) is 36.8 Å². The number of hydrogen-bond acceptors (Lipinski definition) is 5. The molecule has 20 heavy (non-hydrogen) atoms. The summed E-state index contributed by atoms with van der Waals surface area (Å²) in [5.74, 6) is 0.0538. The molecule has 1 fully saturated rings. The van der Waals surface area contributed by atoms with E-state index in [-0.39, 0.29) is 16.7 Å². The fraction of sp³-hybridized carbons (Fsp3) is 0.308. The molecule has 5 nitrogen and oxygen atoms in total. The second kappa shape index (κ2) is 5.41. The number of aromatic nitrogens is 1. The number of amides is 1. The van der Waals surface area contributed by atoms with Gasteiger partial charge in [-0.2, -0.15) is 0 Å². The molecule has 2 aromatic rings. The molecule has 1 unspecified atom stereocenters. The number of aromatic carboxylic acids is 1. The van der Waals surface area contributed by atoms with Gasteiger partial charge in [0, 0.05) is 0 Å². The van der Waals surface area contributed by atoms with Crippen LogP contribution in [0, 0.1) is 0 Å². The van der Waals surface area contributed by atoms with Crippen molar-refractivity contribution in [3.8, 4) is 0 Å². The average Bonchev–Trinajstić information content (AvgIpc) is 3.06. The van der Waals surface area contributed by atoms with E-state index in [0.29, 0.717) is 10.6 Å². The Morgan fingerprint density at radius 1 is 1.40 bits per heavy atom. The standard InChI is InChI=1S/C13H12N2O3S2/c16-11(9-2-1-5-19-9)15-13-14-8-4-3-7(12(17)18)6-10(8)20-13/h3-4,6,9H,1-2,5H2,(H,17,18)(H,14,15,16). The van der Waals surface area contributed by atoms with E-state index in [9.17, 15) is 9.59 Å². The van der Waals surface area contributed by atoms with E-state index in [0.717, 1.165) is 23.3 Å². The quantitative estimate of drug-likeness (QED) is 0.911. The van der Waals surface area contributed by atoms with Gasteiger partial charge in [-0.25, -0.2) is 9.78 Å². The van der Waals surface area contributed by atoms with Crippen LogP contribution in [0.4, 0.5) is 5.13 Å². The highest BCUT2D eigenvalue weighted by Gasteiger charge is 2.24. The summed E-state index contributed by atoms with van der Waals surface area (Å²) >= 11 is 2.97. The summed E-state index contributed by atoms with van der Waals surface area (Å²) in [7, 11) is 0. The number of hydrogen-bond donors (Lipinski definition) is 2. The highest BCUT2D eigenvalue weighted by Crippen LogP contribution is 2.30. The molecule has 0 aliphatic carbocycles. The third-order valence-electron chi connectivity index (χ3n) is 3.09. The van der Waals surface area contributed by atoms with Crippen molar-refractivity contribution in [2.24, 2.45) is 0 Å². The molecular formula is C13H12N2O3S2. The predicted molar refractivity (Wildman–Crippen MR) is 80.7 cm³/mol. The number of benzene rings is 1. The van der Waals surface area contributed by atoms with Crippen molar-refractivity contribution in [2.75, 3.05) is 11.1 Å². The van der Waals surface area contributed by atoms with E-state index in [2.05, 4.69) is 10.3 Å². The zero-order valence-corrected chi connectivity index (χ0v) is 12.1. The molecule has 0 radical (unpaired) electrons. The van der Waals surface area contributed by atoms with E-state index >= 15 is 0 Å². The first kappa shape index (κ1) is 13.4. The Hall–Kier alpha value is -1.60. The third kappa shape index (κ3) is 2.64. The van der Waals surface area contributed by atoms with Crippen LogP contribution in [-0.2, 0) is 4.79 Å². The average molecular weight is 308 g/mol. The molecule has 0 spiro atoms. The van der Waals surface area contributed by atoms with Crippen LogP contribution in [0.2, 0.25) is 0 Å². The molecule has 3 rings (SSSR count). The van der Waals surface area contributed by atoms with Gasteiger partial charge < -0.3 is 10.4 Å². The van der Waals surface area contributed by atoms with Crippen molar-refractivity contribution in [2.45, 2.75) is 18.1 Å². The molecule has 0 bridgehead atoms. The van der Waals surface area contributed by atoms with Gasteiger partial charge in [0.1, 0.15) is 0 Å². The van der Waals surface area contributed by atoms with Crippen LogP contribution >= 0.6 is 23.1 Å². The van der Waals surface area contributed by atoms with Crippen LogP contribution in [0.1, 0.15) is 23.2 Å². The lowest BCUT2D eigenvalue weighted by molar-refractivity contribution is -0.115. The van der Waals surface area contributed by atoms with Crippen molar-refractivity contribution >= 4 is 50.3 Å². The number of carbonyl (C=O) groups is 2. The molecule has 1 aromatic heterocycles. The van der Waals surface area contributed by atoms with Gasteiger partial charge in [-0.15, -0.1) is 11.8 Å². The minimum absolute atomic E-state index is 0.00925. The van der Waals surface area contributed by atoms with Gasteiger partial charge in [-0.3, -0.25) is 4.79 Å². The number of carboxylic acid groups (broad SMARTS) is 1. The maximum absolute atomic E-state index is 12.0. The summed E-state index contributed by atoms with van der Waals surface area (Å²) in [6, 6.07) is 4.76. The number of nitrogens with one attached hydrogen (secondary N) is 1. The predicted octanol–water partition coefficient (Wildman–Crippen LogP) is 2.83. The molecule has 1 amide bonds. The SMILES string of the molecule is O=C(O)c1ccc2nc(NC(=O)C3CCCS3)sc2c1. The first-order valence-corrected chi connectivity index (χ1v) is 8.06. The molecular weight excluding hydrogens is 296 g/mol. The largest absolute Gasteiger partial charge is 0.478 e. The van der Waals surface area contributed by atoms with Crippen LogP contribution < -0.4 is 5.32 Å². The van der Waals surface area contributed by atoms with Crippen LogP contribution in [0.3, 0.4) is 0 Å². The van der Waals surface area contributed by atoms with E-state index in [4.69, 9.17) is 5.11 Å². The number of nitrogens with zero attached hydrogens (tertiary/aromatic N) is 1. The van der Waals surface area contributed by atoms with Gasteiger partial charge in [0.05, 0.1) is 21.0 Å².